The van der Waals surface area contributed by atoms with Crippen LogP contribution in [-0.2, 0) is 26.1 Å². The SMILES string of the molecule is COc1ccc(COC(=O)c2ccc(F)c(S(=O)(=O)N3CCOCC3)c2)cc1. The predicted molar refractivity (Wildman–Crippen MR) is 98.1 cm³/mol. The molecule has 0 radical (unpaired) electrons. The molecular formula is C19H20FNO6S. The van der Waals surface area contributed by atoms with E-state index >= 15 is 0 Å². The number of carbonyl (C=O) groups is 1. The van der Waals surface area contributed by atoms with Crippen LogP contribution in [0.1, 0.15) is 15.9 Å². The lowest BCUT2D eigenvalue weighted by Gasteiger charge is -2.26. The molecule has 1 aliphatic heterocycles. The van der Waals surface area contributed by atoms with Crippen LogP contribution in [0.2, 0.25) is 0 Å². The van der Waals surface area contributed by atoms with Gasteiger partial charge in [-0.05, 0) is 35.9 Å². The van der Waals surface area contributed by atoms with Crippen LogP contribution in [0.5, 0.6) is 5.75 Å². The standard InChI is InChI=1S/C19H20FNO6S/c1-25-16-5-2-14(3-6-16)13-27-19(22)15-4-7-17(20)18(12-15)28(23,24)21-8-10-26-11-9-21/h2-7,12H,8-11,13H2,1H3. The maximum atomic E-state index is 14.2. The number of hydrogen-bond acceptors (Lipinski definition) is 6. The molecule has 0 saturated carbocycles. The average Bonchev–Trinajstić information content (AvgIpc) is 2.73. The number of benzene rings is 2. The molecule has 0 aromatic heterocycles. The molecule has 2 aromatic rings. The maximum Gasteiger partial charge on any atom is 0.338 e. The first kappa shape index (κ1) is 20.2. The highest BCUT2D eigenvalue weighted by Crippen LogP contribution is 2.22. The largest absolute Gasteiger partial charge is 0.497 e. The van der Waals surface area contributed by atoms with E-state index < -0.39 is 26.7 Å². The molecule has 0 bridgehead atoms. The van der Waals surface area contributed by atoms with Gasteiger partial charge in [-0.15, -0.1) is 0 Å². The fourth-order valence-electron chi connectivity index (χ4n) is 2.71. The summed E-state index contributed by atoms with van der Waals surface area (Å²) in [5.74, 6) is -0.987. The zero-order valence-electron chi connectivity index (χ0n) is 15.3. The molecule has 0 atom stereocenters. The van der Waals surface area contributed by atoms with Gasteiger partial charge in [0.15, 0.2) is 0 Å². The van der Waals surface area contributed by atoms with E-state index in [1.807, 2.05) is 0 Å². The highest BCUT2D eigenvalue weighted by molar-refractivity contribution is 7.89. The number of nitrogens with zero attached hydrogens (tertiary/aromatic N) is 1. The molecule has 28 heavy (non-hydrogen) atoms. The normalized spacial score (nSPS) is 15.2. The Morgan fingerprint density at radius 2 is 1.82 bits per heavy atom. The summed E-state index contributed by atoms with van der Waals surface area (Å²) in [5.41, 5.74) is 0.694. The molecule has 0 N–H and O–H groups in total. The van der Waals surface area contributed by atoms with Crippen molar-refractivity contribution in [2.45, 2.75) is 11.5 Å². The summed E-state index contributed by atoms with van der Waals surface area (Å²) in [6.07, 6.45) is 0. The number of rotatable bonds is 6. The second-order valence-corrected chi connectivity index (χ2v) is 7.99. The minimum atomic E-state index is -4.07. The van der Waals surface area contributed by atoms with Crippen molar-refractivity contribution < 1.29 is 31.8 Å². The number of morpholine rings is 1. The van der Waals surface area contributed by atoms with Gasteiger partial charge in [-0.25, -0.2) is 17.6 Å². The van der Waals surface area contributed by atoms with Gasteiger partial charge >= 0.3 is 5.97 Å². The van der Waals surface area contributed by atoms with Crippen molar-refractivity contribution in [2.75, 3.05) is 33.4 Å². The van der Waals surface area contributed by atoms with Crippen molar-refractivity contribution in [3.63, 3.8) is 0 Å². The van der Waals surface area contributed by atoms with Crippen molar-refractivity contribution in [2.24, 2.45) is 0 Å². The Hall–Kier alpha value is -2.49. The number of ether oxygens (including phenoxy) is 3. The number of carbonyl (C=O) groups excluding carboxylic acids is 1. The molecule has 0 spiro atoms. The van der Waals surface area contributed by atoms with Crippen LogP contribution in [0.4, 0.5) is 4.39 Å². The zero-order valence-corrected chi connectivity index (χ0v) is 16.1. The van der Waals surface area contributed by atoms with Crippen LogP contribution >= 0.6 is 0 Å². The monoisotopic (exact) mass is 409 g/mol. The van der Waals surface area contributed by atoms with E-state index in [4.69, 9.17) is 14.2 Å². The first-order valence-electron chi connectivity index (χ1n) is 8.59. The van der Waals surface area contributed by atoms with Crippen LogP contribution < -0.4 is 4.74 Å². The molecule has 1 aliphatic rings. The first-order valence-corrected chi connectivity index (χ1v) is 10.0. The Labute approximate surface area is 162 Å². The van der Waals surface area contributed by atoms with Gasteiger partial charge in [-0.2, -0.15) is 4.31 Å². The summed E-state index contributed by atoms with van der Waals surface area (Å²) < 4.78 is 56.1. The summed E-state index contributed by atoms with van der Waals surface area (Å²) in [6.45, 7) is 0.739. The maximum absolute atomic E-state index is 14.2. The minimum Gasteiger partial charge on any atom is -0.497 e. The quantitative estimate of drug-likeness (QED) is 0.681. The molecule has 150 valence electrons. The van der Waals surface area contributed by atoms with Gasteiger partial charge in [-0.1, -0.05) is 12.1 Å². The molecule has 9 heteroatoms. The average molecular weight is 409 g/mol. The summed E-state index contributed by atoms with van der Waals surface area (Å²) in [5, 5.41) is 0. The van der Waals surface area contributed by atoms with Crippen LogP contribution in [-0.4, -0.2) is 52.1 Å². The predicted octanol–water partition coefficient (Wildman–Crippen LogP) is 2.21. The summed E-state index contributed by atoms with van der Waals surface area (Å²) in [4.78, 5) is 11.8. The molecule has 1 saturated heterocycles. The summed E-state index contributed by atoms with van der Waals surface area (Å²) >= 11 is 0. The Balaban J connectivity index is 1.75. The summed E-state index contributed by atoms with van der Waals surface area (Å²) in [7, 11) is -2.52. The molecule has 0 aliphatic carbocycles. The van der Waals surface area contributed by atoms with Crippen LogP contribution in [0.25, 0.3) is 0 Å². The van der Waals surface area contributed by atoms with Gasteiger partial charge in [0.25, 0.3) is 0 Å². The number of sulfonamides is 1. The number of methoxy groups -OCH3 is 1. The van der Waals surface area contributed by atoms with E-state index in [0.717, 1.165) is 22.0 Å². The van der Waals surface area contributed by atoms with E-state index in [0.29, 0.717) is 5.75 Å². The van der Waals surface area contributed by atoms with Gasteiger partial charge < -0.3 is 14.2 Å². The van der Waals surface area contributed by atoms with Crippen molar-refractivity contribution in [1.29, 1.82) is 0 Å². The molecule has 7 nitrogen and oxygen atoms in total. The van der Waals surface area contributed by atoms with Crippen molar-refractivity contribution in [1.82, 2.24) is 4.31 Å². The van der Waals surface area contributed by atoms with E-state index in [9.17, 15) is 17.6 Å². The third-order valence-corrected chi connectivity index (χ3v) is 6.20. The number of esters is 1. The second-order valence-electron chi connectivity index (χ2n) is 6.09. The topological polar surface area (TPSA) is 82.1 Å². The molecule has 1 fully saturated rings. The number of hydrogen-bond donors (Lipinski definition) is 0. The Kier molecular flexibility index (Phi) is 6.28. The van der Waals surface area contributed by atoms with Gasteiger partial charge in [0.05, 0.1) is 25.9 Å². The molecule has 2 aromatic carbocycles. The highest BCUT2D eigenvalue weighted by atomic mass is 32.2. The minimum absolute atomic E-state index is 0.00818. The summed E-state index contributed by atoms with van der Waals surface area (Å²) in [6, 6.07) is 10.1. The molecular weight excluding hydrogens is 389 g/mol. The third-order valence-electron chi connectivity index (χ3n) is 4.28. The van der Waals surface area contributed by atoms with E-state index in [-0.39, 0.29) is 38.5 Å². The fraction of sp³-hybridized carbons (Fsp3) is 0.316. The molecule has 1 heterocycles. The second kappa shape index (κ2) is 8.68. The van der Waals surface area contributed by atoms with Gasteiger partial charge in [0.1, 0.15) is 23.1 Å². The Bertz CT molecular complexity index is 939. The molecule has 0 unspecified atom stereocenters. The Morgan fingerprint density at radius 1 is 1.14 bits per heavy atom. The molecule has 3 rings (SSSR count). The van der Waals surface area contributed by atoms with Crippen molar-refractivity contribution in [3.05, 3.63) is 59.4 Å². The first-order chi connectivity index (χ1) is 13.4. The van der Waals surface area contributed by atoms with Gasteiger partial charge in [-0.3, -0.25) is 0 Å². The lowest BCUT2D eigenvalue weighted by molar-refractivity contribution is 0.0472. The van der Waals surface area contributed by atoms with Crippen molar-refractivity contribution >= 4 is 16.0 Å². The van der Waals surface area contributed by atoms with Crippen LogP contribution in [0, 0.1) is 5.82 Å². The lowest BCUT2D eigenvalue weighted by Crippen LogP contribution is -2.41. The lowest BCUT2D eigenvalue weighted by atomic mass is 10.2. The van der Waals surface area contributed by atoms with Gasteiger partial charge in [0, 0.05) is 13.1 Å². The van der Waals surface area contributed by atoms with Crippen molar-refractivity contribution in [3.8, 4) is 5.75 Å². The van der Waals surface area contributed by atoms with Gasteiger partial charge in [0.2, 0.25) is 10.0 Å². The third kappa shape index (κ3) is 4.49. The van der Waals surface area contributed by atoms with E-state index in [2.05, 4.69) is 0 Å². The number of halogens is 1. The van der Waals surface area contributed by atoms with Crippen LogP contribution in [0.15, 0.2) is 47.4 Å². The fourth-order valence-corrected chi connectivity index (χ4v) is 4.21. The Morgan fingerprint density at radius 3 is 2.46 bits per heavy atom. The highest BCUT2D eigenvalue weighted by Gasteiger charge is 2.30. The zero-order chi connectivity index (χ0) is 20.1. The van der Waals surface area contributed by atoms with E-state index in [1.54, 1.807) is 31.4 Å². The smallest absolute Gasteiger partial charge is 0.338 e. The molecule has 0 amide bonds. The van der Waals surface area contributed by atoms with E-state index in [1.165, 1.54) is 6.07 Å². The van der Waals surface area contributed by atoms with Crippen LogP contribution in [0.3, 0.4) is 0 Å².